The Labute approximate surface area is 167 Å². The van der Waals surface area contributed by atoms with Gasteiger partial charge in [0.1, 0.15) is 12.1 Å². The summed E-state index contributed by atoms with van der Waals surface area (Å²) >= 11 is 0. The van der Waals surface area contributed by atoms with Crippen molar-refractivity contribution in [2.45, 2.75) is 88.7 Å². The third kappa shape index (κ3) is 3.54. The first-order valence-corrected chi connectivity index (χ1v) is 10.9. The summed E-state index contributed by atoms with van der Waals surface area (Å²) in [6.45, 7) is 8.14. The molecule has 7 heteroatoms. The maximum Gasteiger partial charge on any atom is 0.132 e. The van der Waals surface area contributed by atoms with E-state index in [2.05, 4.69) is 52.6 Å². The highest BCUT2D eigenvalue weighted by molar-refractivity contribution is 5.43. The van der Waals surface area contributed by atoms with Gasteiger partial charge in [-0.25, -0.2) is 15.4 Å². The molecule has 5 rings (SSSR count). The van der Waals surface area contributed by atoms with E-state index in [1.807, 2.05) is 0 Å². The maximum atomic E-state index is 6.42. The van der Waals surface area contributed by atoms with Crippen molar-refractivity contribution in [3.63, 3.8) is 0 Å². The normalized spacial score (nSPS) is 39.6. The highest BCUT2D eigenvalue weighted by Gasteiger charge is 2.46. The van der Waals surface area contributed by atoms with Crippen molar-refractivity contribution < 1.29 is 9.47 Å². The first-order chi connectivity index (χ1) is 13.5. The number of hydrogen-bond acceptors (Lipinski definition) is 7. The van der Waals surface area contributed by atoms with Gasteiger partial charge in [-0.1, -0.05) is 0 Å². The number of rotatable bonds is 4. The number of hydrogen-bond donors (Lipinski definition) is 2. The molecule has 2 aliphatic heterocycles. The third-order valence-electron chi connectivity index (χ3n) is 7.03. The van der Waals surface area contributed by atoms with E-state index in [1.54, 1.807) is 6.33 Å². The van der Waals surface area contributed by atoms with Gasteiger partial charge in [0.05, 0.1) is 48.7 Å². The van der Waals surface area contributed by atoms with Crippen LogP contribution >= 0.6 is 0 Å². The van der Waals surface area contributed by atoms with Crippen molar-refractivity contribution in [1.82, 2.24) is 20.8 Å². The quantitative estimate of drug-likeness (QED) is 0.822. The van der Waals surface area contributed by atoms with Gasteiger partial charge >= 0.3 is 0 Å². The number of nitrogens with one attached hydrogen (secondary N) is 2. The SMILES string of the molecule is C[C@@H]1COC[C@@H](C)N1c1cc(C2NNC3CCC(OC4(C)CC4)CC32)ncn1. The second-order valence-corrected chi connectivity index (χ2v) is 9.48. The van der Waals surface area contributed by atoms with E-state index in [0.29, 0.717) is 30.1 Å². The molecular weight excluding hydrogens is 354 g/mol. The summed E-state index contributed by atoms with van der Waals surface area (Å²) < 4.78 is 12.1. The molecule has 0 bridgehead atoms. The highest BCUT2D eigenvalue weighted by atomic mass is 16.5. The molecule has 4 fully saturated rings. The lowest BCUT2D eigenvalue weighted by Gasteiger charge is -2.40. The minimum Gasteiger partial charge on any atom is -0.377 e. The standard InChI is InChI=1S/C21H33N5O2/c1-13-10-27-11-14(2)26(13)19-9-18(22-12-23-19)20-16-8-15(28-21(3)6-7-21)4-5-17(16)24-25-20/h9,12-17,20,24-25H,4-8,10-11H2,1-3H3/t13-,14-,15?,16?,17?,20?/m1/s1. The molecule has 7 nitrogen and oxygen atoms in total. The smallest absolute Gasteiger partial charge is 0.132 e. The van der Waals surface area contributed by atoms with Crippen LogP contribution < -0.4 is 15.8 Å². The number of nitrogens with zero attached hydrogens (tertiary/aromatic N) is 3. The van der Waals surface area contributed by atoms with Crippen LogP contribution in [0, 0.1) is 5.92 Å². The number of fused-ring (bicyclic) bond motifs is 1. The molecule has 2 saturated carbocycles. The summed E-state index contributed by atoms with van der Waals surface area (Å²) in [5.41, 5.74) is 8.28. The summed E-state index contributed by atoms with van der Waals surface area (Å²) in [5, 5.41) is 0. The zero-order valence-corrected chi connectivity index (χ0v) is 17.2. The molecule has 6 atom stereocenters. The number of aromatic nitrogens is 2. The molecule has 2 N–H and O–H groups in total. The molecular formula is C21H33N5O2. The monoisotopic (exact) mass is 387 g/mol. The zero-order valence-electron chi connectivity index (χ0n) is 17.2. The Bertz CT molecular complexity index is 702. The van der Waals surface area contributed by atoms with Crippen molar-refractivity contribution in [3.05, 3.63) is 18.1 Å². The van der Waals surface area contributed by atoms with Gasteiger partial charge in [0.25, 0.3) is 0 Å². The van der Waals surface area contributed by atoms with Crippen LogP contribution in [-0.2, 0) is 9.47 Å². The van der Waals surface area contributed by atoms with Crippen LogP contribution in [0.25, 0.3) is 0 Å². The molecule has 154 valence electrons. The van der Waals surface area contributed by atoms with Gasteiger partial charge in [-0.15, -0.1) is 0 Å². The Morgan fingerprint density at radius 3 is 2.68 bits per heavy atom. The molecule has 0 radical (unpaired) electrons. The summed E-state index contributed by atoms with van der Waals surface area (Å²) in [4.78, 5) is 11.6. The topological polar surface area (TPSA) is 71.5 Å². The van der Waals surface area contributed by atoms with Gasteiger partial charge in [-0.2, -0.15) is 0 Å². The molecule has 4 aliphatic rings. The molecule has 28 heavy (non-hydrogen) atoms. The molecule has 2 saturated heterocycles. The molecule has 0 spiro atoms. The Hall–Kier alpha value is -1.28. The first-order valence-electron chi connectivity index (χ1n) is 10.9. The van der Waals surface area contributed by atoms with Gasteiger partial charge in [-0.05, 0) is 52.9 Å². The number of hydrazine groups is 1. The molecule has 3 heterocycles. The largest absolute Gasteiger partial charge is 0.377 e. The number of ether oxygens (including phenoxy) is 2. The Morgan fingerprint density at radius 1 is 1.14 bits per heavy atom. The van der Waals surface area contributed by atoms with Gasteiger partial charge in [0.2, 0.25) is 0 Å². The summed E-state index contributed by atoms with van der Waals surface area (Å²) in [5.74, 6) is 1.51. The fourth-order valence-corrected chi connectivity index (χ4v) is 5.24. The molecule has 0 aromatic carbocycles. The van der Waals surface area contributed by atoms with Crippen LogP contribution in [0.2, 0.25) is 0 Å². The first kappa shape index (κ1) is 18.7. The van der Waals surface area contributed by atoms with E-state index in [9.17, 15) is 0 Å². The summed E-state index contributed by atoms with van der Waals surface area (Å²) in [7, 11) is 0. The van der Waals surface area contributed by atoms with E-state index < -0.39 is 0 Å². The van der Waals surface area contributed by atoms with Crippen molar-refractivity contribution in [1.29, 1.82) is 0 Å². The minimum atomic E-state index is 0.150. The van der Waals surface area contributed by atoms with Crippen molar-refractivity contribution >= 4 is 5.82 Å². The van der Waals surface area contributed by atoms with E-state index in [-0.39, 0.29) is 11.6 Å². The van der Waals surface area contributed by atoms with Crippen LogP contribution in [-0.4, -0.2) is 53.0 Å². The summed E-state index contributed by atoms with van der Waals surface area (Å²) in [6, 6.07) is 3.52. The number of morpholine rings is 1. The van der Waals surface area contributed by atoms with E-state index in [4.69, 9.17) is 9.47 Å². The Balaban J connectivity index is 1.34. The van der Waals surface area contributed by atoms with Gasteiger partial charge in [0.15, 0.2) is 0 Å². The Kier molecular flexibility index (Phi) is 4.82. The van der Waals surface area contributed by atoms with Gasteiger partial charge in [-0.3, -0.25) is 5.43 Å². The van der Waals surface area contributed by atoms with Crippen LogP contribution in [0.5, 0.6) is 0 Å². The van der Waals surface area contributed by atoms with Gasteiger partial charge < -0.3 is 14.4 Å². The molecule has 4 unspecified atom stereocenters. The van der Waals surface area contributed by atoms with Crippen LogP contribution in [0.15, 0.2) is 12.4 Å². The lowest BCUT2D eigenvalue weighted by Crippen LogP contribution is -2.50. The minimum absolute atomic E-state index is 0.150. The van der Waals surface area contributed by atoms with Crippen molar-refractivity contribution in [3.8, 4) is 0 Å². The fraction of sp³-hybridized carbons (Fsp3) is 0.810. The van der Waals surface area contributed by atoms with Crippen LogP contribution in [0.1, 0.15) is 64.6 Å². The average molecular weight is 388 g/mol. The second-order valence-electron chi connectivity index (χ2n) is 9.48. The molecule has 1 aromatic heterocycles. The number of anilines is 1. The Morgan fingerprint density at radius 2 is 1.93 bits per heavy atom. The molecule has 1 aromatic rings. The molecule has 0 amide bonds. The predicted molar refractivity (Wildman–Crippen MR) is 107 cm³/mol. The van der Waals surface area contributed by atoms with E-state index in [0.717, 1.165) is 44.0 Å². The zero-order chi connectivity index (χ0) is 19.3. The second kappa shape index (κ2) is 7.20. The highest BCUT2D eigenvalue weighted by Crippen LogP contribution is 2.45. The lowest BCUT2D eigenvalue weighted by molar-refractivity contribution is -0.0500. The van der Waals surface area contributed by atoms with E-state index in [1.165, 1.54) is 12.8 Å². The fourth-order valence-electron chi connectivity index (χ4n) is 5.24. The third-order valence-corrected chi connectivity index (χ3v) is 7.03. The average Bonchev–Trinajstić information content (AvgIpc) is 3.25. The summed E-state index contributed by atoms with van der Waals surface area (Å²) in [6.07, 6.45) is 7.91. The van der Waals surface area contributed by atoms with Crippen molar-refractivity contribution in [2.24, 2.45) is 5.92 Å². The van der Waals surface area contributed by atoms with Crippen LogP contribution in [0.4, 0.5) is 5.82 Å². The maximum absolute atomic E-state index is 6.42. The van der Waals surface area contributed by atoms with Crippen molar-refractivity contribution in [2.75, 3.05) is 18.1 Å². The van der Waals surface area contributed by atoms with E-state index >= 15 is 0 Å². The lowest BCUT2D eigenvalue weighted by atomic mass is 9.79. The van der Waals surface area contributed by atoms with Gasteiger partial charge in [0, 0.05) is 18.0 Å². The predicted octanol–water partition coefficient (Wildman–Crippen LogP) is 2.35. The molecule has 2 aliphatic carbocycles. The van der Waals surface area contributed by atoms with Crippen LogP contribution in [0.3, 0.4) is 0 Å².